The Morgan fingerprint density at radius 1 is 1.40 bits per heavy atom. The van der Waals surface area contributed by atoms with Gasteiger partial charge in [-0.05, 0) is 22.9 Å². The number of nitrogens with zero attached hydrogens (tertiary/aromatic N) is 3. The van der Waals surface area contributed by atoms with Gasteiger partial charge in [-0.1, -0.05) is 0 Å². The van der Waals surface area contributed by atoms with Gasteiger partial charge in [-0.15, -0.1) is 11.3 Å². The number of halogens is 1. The molecule has 15 heavy (non-hydrogen) atoms. The average Bonchev–Trinajstić information content (AvgIpc) is 2.66. The average molecular weight is 285 g/mol. The Morgan fingerprint density at radius 3 is 2.80 bits per heavy atom. The van der Waals surface area contributed by atoms with Crippen LogP contribution in [-0.4, -0.2) is 22.0 Å². The molecule has 0 radical (unpaired) electrons. The zero-order chi connectivity index (χ0) is 10.8. The molecule has 0 aliphatic carbocycles. The Hall–Kier alpha value is -1.01. The first kappa shape index (κ1) is 10.5. The van der Waals surface area contributed by atoms with Gasteiger partial charge in [-0.25, -0.2) is 15.0 Å². The highest BCUT2D eigenvalue weighted by Crippen LogP contribution is 2.24. The Kier molecular flexibility index (Phi) is 2.97. The lowest BCUT2D eigenvalue weighted by atomic mass is 10.5. The zero-order valence-electron chi connectivity index (χ0n) is 8.28. The molecule has 1 N–H and O–H groups in total. The second-order valence-electron chi connectivity index (χ2n) is 2.93. The number of hydrogen-bond acceptors (Lipinski definition) is 5. The van der Waals surface area contributed by atoms with Crippen molar-refractivity contribution in [1.82, 2.24) is 15.0 Å². The van der Waals surface area contributed by atoms with Gasteiger partial charge in [0, 0.05) is 24.3 Å². The molecule has 0 aliphatic rings. The Morgan fingerprint density at radius 2 is 2.20 bits per heavy atom. The van der Waals surface area contributed by atoms with E-state index in [1.54, 1.807) is 17.5 Å². The van der Waals surface area contributed by atoms with Gasteiger partial charge in [0.1, 0.15) is 5.82 Å². The van der Waals surface area contributed by atoms with E-state index in [1.165, 1.54) is 0 Å². The van der Waals surface area contributed by atoms with Gasteiger partial charge in [0.25, 0.3) is 0 Å². The first-order valence-corrected chi connectivity index (χ1v) is 6.01. The SMILES string of the molecule is CNc1nc(-c2nc(C)cs2)ncc1Br. The first-order valence-electron chi connectivity index (χ1n) is 4.33. The van der Waals surface area contributed by atoms with Gasteiger partial charge in [0.2, 0.25) is 0 Å². The van der Waals surface area contributed by atoms with Crippen molar-refractivity contribution in [2.75, 3.05) is 12.4 Å². The van der Waals surface area contributed by atoms with Crippen LogP contribution in [0.2, 0.25) is 0 Å². The molecule has 0 fully saturated rings. The van der Waals surface area contributed by atoms with Crippen LogP contribution in [-0.2, 0) is 0 Å². The van der Waals surface area contributed by atoms with E-state index in [0.717, 1.165) is 21.0 Å². The second-order valence-corrected chi connectivity index (χ2v) is 4.65. The molecule has 2 aromatic heterocycles. The fraction of sp³-hybridized carbons (Fsp3) is 0.222. The molecule has 0 aliphatic heterocycles. The van der Waals surface area contributed by atoms with Crippen molar-refractivity contribution in [3.8, 4) is 10.8 Å². The van der Waals surface area contributed by atoms with Crippen LogP contribution in [0.3, 0.4) is 0 Å². The van der Waals surface area contributed by atoms with Crippen LogP contribution in [0.1, 0.15) is 5.69 Å². The Balaban J connectivity index is 2.45. The topological polar surface area (TPSA) is 50.7 Å². The molecule has 0 amide bonds. The predicted molar refractivity (Wildman–Crippen MR) is 65.1 cm³/mol. The Bertz CT molecular complexity index is 483. The highest BCUT2D eigenvalue weighted by Gasteiger charge is 2.08. The summed E-state index contributed by atoms with van der Waals surface area (Å²) in [5, 5.41) is 5.82. The lowest BCUT2D eigenvalue weighted by molar-refractivity contribution is 1.13. The van der Waals surface area contributed by atoms with Crippen LogP contribution in [0.15, 0.2) is 16.0 Å². The van der Waals surface area contributed by atoms with Gasteiger partial charge in [0.15, 0.2) is 10.8 Å². The third kappa shape index (κ3) is 2.15. The molecule has 0 saturated heterocycles. The molecular weight excluding hydrogens is 276 g/mol. The first-order chi connectivity index (χ1) is 7.20. The van der Waals surface area contributed by atoms with Gasteiger partial charge in [-0.3, -0.25) is 0 Å². The Labute approximate surface area is 99.9 Å². The minimum atomic E-state index is 0.653. The number of nitrogens with one attached hydrogen (secondary N) is 1. The lowest BCUT2D eigenvalue weighted by Gasteiger charge is -2.02. The van der Waals surface area contributed by atoms with Crippen LogP contribution in [0.25, 0.3) is 10.8 Å². The van der Waals surface area contributed by atoms with Crippen molar-refractivity contribution in [2.45, 2.75) is 6.92 Å². The molecule has 6 heteroatoms. The van der Waals surface area contributed by atoms with E-state index in [-0.39, 0.29) is 0 Å². The summed E-state index contributed by atoms with van der Waals surface area (Å²) in [6, 6.07) is 0. The highest BCUT2D eigenvalue weighted by atomic mass is 79.9. The van der Waals surface area contributed by atoms with E-state index in [9.17, 15) is 0 Å². The number of thiazole rings is 1. The largest absolute Gasteiger partial charge is 0.372 e. The van der Waals surface area contributed by atoms with Crippen molar-refractivity contribution in [1.29, 1.82) is 0 Å². The second kappa shape index (κ2) is 4.24. The van der Waals surface area contributed by atoms with Gasteiger partial charge in [-0.2, -0.15) is 0 Å². The summed E-state index contributed by atoms with van der Waals surface area (Å²) in [7, 11) is 1.82. The number of anilines is 1. The van der Waals surface area contributed by atoms with Crippen LogP contribution in [0.5, 0.6) is 0 Å². The third-order valence-corrected chi connectivity index (χ3v) is 3.33. The summed E-state index contributed by atoms with van der Waals surface area (Å²) in [4.78, 5) is 12.9. The van der Waals surface area contributed by atoms with Crippen LogP contribution < -0.4 is 5.32 Å². The minimum Gasteiger partial charge on any atom is -0.372 e. The minimum absolute atomic E-state index is 0.653. The summed E-state index contributed by atoms with van der Waals surface area (Å²) < 4.78 is 0.849. The van der Waals surface area contributed by atoms with Crippen LogP contribution in [0.4, 0.5) is 5.82 Å². The summed E-state index contributed by atoms with van der Waals surface area (Å²) in [6.07, 6.45) is 1.73. The third-order valence-electron chi connectivity index (χ3n) is 1.79. The molecule has 4 nitrogen and oxygen atoms in total. The number of aromatic nitrogens is 3. The monoisotopic (exact) mass is 284 g/mol. The molecule has 0 aromatic carbocycles. The molecule has 2 heterocycles. The normalized spacial score (nSPS) is 10.3. The molecule has 2 rings (SSSR count). The van der Waals surface area contributed by atoms with Crippen molar-refractivity contribution in [3.05, 3.63) is 21.7 Å². The van der Waals surface area contributed by atoms with E-state index < -0.39 is 0 Å². The van der Waals surface area contributed by atoms with Gasteiger partial charge < -0.3 is 5.32 Å². The fourth-order valence-corrected chi connectivity index (χ4v) is 2.23. The molecule has 2 aromatic rings. The molecular formula is C9H9BrN4S. The summed E-state index contributed by atoms with van der Waals surface area (Å²) in [5.74, 6) is 1.42. The maximum absolute atomic E-state index is 4.35. The van der Waals surface area contributed by atoms with Gasteiger partial charge >= 0.3 is 0 Å². The highest BCUT2D eigenvalue weighted by molar-refractivity contribution is 9.10. The summed E-state index contributed by atoms with van der Waals surface area (Å²) in [5.41, 5.74) is 0.993. The van der Waals surface area contributed by atoms with E-state index in [0.29, 0.717) is 5.82 Å². The number of hydrogen-bond donors (Lipinski definition) is 1. The number of aryl methyl sites for hydroxylation is 1. The van der Waals surface area contributed by atoms with Gasteiger partial charge in [0.05, 0.1) is 4.47 Å². The van der Waals surface area contributed by atoms with E-state index >= 15 is 0 Å². The maximum atomic E-state index is 4.35. The smallest absolute Gasteiger partial charge is 0.190 e. The predicted octanol–water partition coefficient (Wildman–Crippen LogP) is 2.71. The molecule has 0 bridgehead atoms. The van der Waals surface area contributed by atoms with Crippen LogP contribution >= 0.6 is 27.3 Å². The standard InChI is InChI=1S/C9H9BrN4S/c1-5-4-15-9(13-5)8-12-3-6(10)7(11-2)14-8/h3-4H,1-2H3,(H,11,12,14). The molecule has 0 unspecified atom stereocenters. The molecule has 78 valence electrons. The van der Waals surface area contributed by atoms with Crippen LogP contribution in [0, 0.1) is 6.92 Å². The maximum Gasteiger partial charge on any atom is 0.190 e. The zero-order valence-corrected chi connectivity index (χ0v) is 10.7. The van der Waals surface area contributed by atoms with E-state index in [4.69, 9.17) is 0 Å². The van der Waals surface area contributed by atoms with Crippen molar-refractivity contribution in [3.63, 3.8) is 0 Å². The molecule has 0 spiro atoms. The van der Waals surface area contributed by atoms with E-state index in [2.05, 4.69) is 36.2 Å². The van der Waals surface area contributed by atoms with Crippen molar-refractivity contribution < 1.29 is 0 Å². The number of rotatable bonds is 2. The van der Waals surface area contributed by atoms with Crippen molar-refractivity contribution in [2.24, 2.45) is 0 Å². The van der Waals surface area contributed by atoms with E-state index in [1.807, 2.05) is 19.4 Å². The summed E-state index contributed by atoms with van der Waals surface area (Å²) >= 11 is 4.91. The lowest BCUT2D eigenvalue weighted by Crippen LogP contribution is -1.97. The van der Waals surface area contributed by atoms with Crippen molar-refractivity contribution >= 4 is 33.1 Å². The molecule has 0 saturated carbocycles. The fourth-order valence-electron chi connectivity index (χ4n) is 1.10. The quantitative estimate of drug-likeness (QED) is 0.921. The molecule has 0 atom stereocenters. The summed E-state index contributed by atoms with van der Waals surface area (Å²) in [6.45, 7) is 1.96.